The lowest BCUT2D eigenvalue weighted by atomic mass is 10.1. The fraction of sp³-hybridized carbons (Fsp3) is 0. The minimum absolute atomic E-state index is 0.145. The standard InChI is InChI=1S/2C10H10O6P2/c2*11-17(12,13)9-5-6-10(18(14,15)16)8-4-2-1-3-7(8)9/h2*1-6H,(H2,11,12,13)(H2,14,15,16). The van der Waals surface area contributed by atoms with E-state index in [0.717, 1.165) is 24.3 Å². The molecule has 192 valence electrons. The molecule has 0 aliphatic heterocycles. The van der Waals surface area contributed by atoms with Gasteiger partial charge in [-0.25, -0.2) is 0 Å². The summed E-state index contributed by atoms with van der Waals surface area (Å²) >= 11 is 0. The molecule has 0 saturated heterocycles. The summed E-state index contributed by atoms with van der Waals surface area (Å²) in [5, 5.41) is -0.382. The smallest absolute Gasteiger partial charge is 0.321 e. The van der Waals surface area contributed by atoms with Crippen molar-refractivity contribution in [2.45, 2.75) is 0 Å². The third-order valence-corrected chi connectivity index (χ3v) is 9.08. The van der Waals surface area contributed by atoms with Gasteiger partial charge >= 0.3 is 30.4 Å². The average Bonchev–Trinajstić information content (AvgIpc) is 2.75. The molecule has 4 rings (SSSR count). The summed E-state index contributed by atoms with van der Waals surface area (Å²) in [7, 11) is -18.0. The third-order valence-electron chi connectivity index (χ3n) is 5.01. The Labute approximate surface area is 203 Å². The summed E-state index contributed by atoms with van der Waals surface area (Å²) in [6.07, 6.45) is 0. The zero-order valence-corrected chi connectivity index (χ0v) is 21.5. The Morgan fingerprint density at radius 2 is 0.500 bits per heavy atom. The van der Waals surface area contributed by atoms with Crippen LogP contribution in [0.2, 0.25) is 0 Å². The fourth-order valence-corrected chi connectivity index (χ4v) is 6.66. The highest BCUT2D eigenvalue weighted by molar-refractivity contribution is 7.62. The van der Waals surface area contributed by atoms with Crippen LogP contribution in [0, 0.1) is 0 Å². The van der Waals surface area contributed by atoms with Crippen LogP contribution in [-0.4, -0.2) is 39.1 Å². The quantitative estimate of drug-likeness (QED) is 0.158. The van der Waals surface area contributed by atoms with E-state index < -0.39 is 30.4 Å². The molecular weight excluding hydrogens is 556 g/mol. The first-order valence-electron chi connectivity index (χ1n) is 9.70. The zero-order chi connectivity index (χ0) is 27.1. The van der Waals surface area contributed by atoms with Crippen LogP contribution in [0.4, 0.5) is 0 Å². The van der Waals surface area contributed by atoms with Crippen LogP contribution in [0.5, 0.6) is 0 Å². The van der Waals surface area contributed by atoms with Crippen LogP contribution < -0.4 is 21.2 Å². The lowest BCUT2D eigenvalue weighted by Crippen LogP contribution is -2.13. The molecule has 0 atom stereocenters. The molecule has 0 spiro atoms. The molecule has 4 aromatic carbocycles. The van der Waals surface area contributed by atoms with Crippen molar-refractivity contribution < 1.29 is 57.4 Å². The highest BCUT2D eigenvalue weighted by atomic mass is 31.2. The normalized spacial score (nSPS) is 12.9. The van der Waals surface area contributed by atoms with Crippen molar-refractivity contribution in [1.29, 1.82) is 0 Å². The zero-order valence-electron chi connectivity index (χ0n) is 17.9. The molecule has 0 bridgehead atoms. The summed E-state index contributed by atoms with van der Waals surface area (Å²) in [5.74, 6) is 0. The van der Waals surface area contributed by atoms with Gasteiger partial charge in [0.15, 0.2) is 0 Å². The van der Waals surface area contributed by atoms with Gasteiger partial charge in [0.05, 0.1) is 21.2 Å². The van der Waals surface area contributed by atoms with Crippen LogP contribution in [0.15, 0.2) is 72.8 Å². The summed E-state index contributed by atoms with van der Waals surface area (Å²) in [4.78, 5) is 73.6. The van der Waals surface area contributed by atoms with Crippen LogP contribution in [0.1, 0.15) is 0 Å². The van der Waals surface area contributed by atoms with E-state index in [1.165, 1.54) is 24.3 Å². The monoisotopic (exact) mass is 576 g/mol. The number of hydrogen-bond acceptors (Lipinski definition) is 4. The molecule has 0 aromatic heterocycles. The van der Waals surface area contributed by atoms with Crippen LogP contribution in [0.3, 0.4) is 0 Å². The first-order valence-corrected chi connectivity index (χ1v) is 16.2. The van der Waals surface area contributed by atoms with Crippen molar-refractivity contribution in [1.82, 2.24) is 0 Å². The second-order valence-corrected chi connectivity index (χ2v) is 13.8. The molecule has 0 aliphatic carbocycles. The van der Waals surface area contributed by atoms with Gasteiger partial charge in [-0.1, -0.05) is 48.5 Å². The second kappa shape index (κ2) is 10.0. The van der Waals surface area contributed by atoms with Gasteiger partial charge < -0.3 is 39.1 Å². The van der Waals surface area contributed by atoms with E-state index in [2.05, 4.69) is 0 Å². The Balaban J connectivity index is 0.000000201. The van der Waals surface area contributed by atoms with Gasteiger partial charge in [-0.05, 0) is 45.8 Å². The van der Waals surface area contributed by atoms with Gasteiger partial charge in [-0.3, -0.25) is 18.3 Å². The second-order valence-electron chi connectivity index (χ2n) is 7.47. The topological polar surface area (TPSA) is 230 Å². The van der Waals surface area contributed by atoms with Gasteiger partial charge in [0, 0.05) is 0 Å². The van der Waals surface area contributed by atoms with Gasteiger partial charge in [-0.15, -0.1) is 0 Å². The van der Waals surface area contributed by atoms with Gasteiger partial charge in [0.25, 0.3) is 0 Å². The molecule has 0 amide bonds. The highest BCUT2D eigenvalue weighted by Crippen LogP contribution is 2.41. The Kier molecular flexibility index (Phi) is 7.97. The molecule has 16 heteroatoms. The first-order chi connectivity index (χ1) is 16.4. The molecule has 0 aliphatic rings. The lowest BCUT2D eigenvalue weighted by molar-refractivity contribution is 0.385. The van der Waals surface area contributed by atoms with Gasteiger partial charge in [0.2, 0.25) is 0 Å². The minimum Gasteiger partial charge on any atom is -0.321 e. The average molecular weight is 576 g/mol. The van der Waals surface area contributed by atoms with Gasteiger partial charge in [-0.2, -0.15) is 0 Å². The Morgan fingerprint density at radius 3 is 0.639 bits per heavy atom. The number of fused-ring (bicyclic) bond motifs is 2. The molecule has 0 fully saturated rings. The maximum absolute atomic E-state index is 11.3. The molecule has 0 saturated carbocycles. The third kappa shape index (κ3) is 6.28. The maximum atomic E-state index is 11.3. The lowest BCUT2D eigenvalue weighted by Gasteiger charge is -2.12. The summed E-state index contributed by atoms with van der Waals surface area (Å²) in [6, 6.07) is 16.1. The number of rotatable bonds is 4. The molecule has 4 aromatic rings. The van der Waals surface area contributed by atoms with Crippen LogP contribution in [0.25, 0.3) is 21.5 Å². The molecular formula is C20H20O12P4. The Hall–Kier alpha value is -2.00. The molecule has 0 heterocycles. The number of benzene rings is 4. The van der Waals surface area contributed by atoms with E-state index in [4.69, 9.17) is 0 Å². The predicted octanol–water partition coefficient (Wildman–Crippen LogP) is 0.892. The minimum atomic E-state index is -4.49. The van der Waals surface area contributed by atoms with Crippen molar-refractivity contribution in [2.24, 2.45) is 0 Å². The molecule has 12 nitrogen and oxygen atoms in total. The van der Waals surface area contributed by atoms with Crippen LogP contribution >= 0.6 is 30.4 Å². The fourth-order valence-electron chi connectivity index (χ4n) is 3.55. The summed E-state index contributed by atoms with van der Waals surface area (Å²) < 4.78 is 45.2. The van der Waals surface area contributed by atoms with E-state index >= 15 is 0 Å². The van der Waals surface area contributed by atoms with Crippen molar-refractivity contribution in [3.8, 4) is 0 Å². The van der Waals surface area contributed by atoms with E-state index in [1.54, 1.807) is 24.3 Å². The maximum Gasteiger partial charge on any atom is 0.356 e. The first kappa shape index (κ1) is 28.6. The van der Waals surface area contributed by atoms with Crippen LogP contribution in [-0.2, 0) is 18.3 Å². The van der Waals surface area contributed by atoms with E-state index in [-0.39, 0.29) is 42.8 Å². The molecule has 0 radical (unpaired) electrons. The SMILES string of the molecule is O=P(O)(O)c1ccc(P(=O)(O)O)c2ccccc12.O=P(O)(O)c1ccc(P(=O)(O)O)c2ccccc12. The van der Waals surface area contributed by atoms with Crippen molar-refractivity contribution in [2.75, 3.05) is 0 Å². The Morgan fingerprint density at radius 1 is 0.333 bits per heavy atom. The van der Waals surface area contributed by atoms with E-state index in [9.17, 15) is 57.4 Å². The van der Waals surface area contributed by atoms with Crippen molar-refractivity contribution >= 4 is 73.1 Å². The van der Waals surface area contributed by atoms with Crippen molar-refractivity contribution in [3.63, 3.8) is 0 Å². The Bertz CT molecular complexity index is 1400. The summed E-state index contributed by atoms with van der Waals surface area (Å²) in [5.41, 5.74) is 0. The molecule has 8 N–H and O–H groups in total. The summed E-state index contributed by atoms with van der Waals surface area (Å²) in [6.45, 7) is 0. The van der Waals surface area contributed by atoms with E-state index in [0.29, 0.717) is 0 Å². The highest BCUT2D eigenvalue weighted by Gasteiger charge is 2.27. The van der Waals surface area contributed by atoms with Crippen molar-refractivity contribution in [3.05, 3.63) is 72.8 Å². The predicted molar refractivity (Wildman–Crippen MR) is 135 cm³/mol. The van der Waals surface area contributed by atoms with E-state index in [1.807, 2.05) is 0 Å². The largest absolute Gasteiger partial charge is 0.356 e. The van der Waals surface area contributed by atoms with Gasteiger partial charge in [0.1, 0.15) is 0 Å². The molecule has 0 unspecified atom stereocenters. The molecule has 36 heavy (non-hydrogen) atoms. The number of hydrogen-bond donors (Lipinski definition) is 8.